The number of aliphatic hydroxyl groups excluding tert-OH is 1. The molecule has 4 N–H and O–H groups in total. The second-order valence-electron chi connectivity index (χ2n) is 5.90. The zero-order valence-corrected chi connectivity index (χ0v) is 14.7. The molecule has 0 aliphatic rings. The molecule has 26 heavy (non-hydrogen) atoms. The van der Waals surface area contributed by atoms with Crippen molar-refractivity contribution in [3.63, 3.8) is 0 Å². The topological polar surface area (TPSA) is 103 Å². The molecular weight excluding hydrogens is 330 g/mol. The third kappa shape index (κ3) is 3.73. The number of aromatic amines is 1. The molecule has 0 unspecified atom stereocenters. The molecule has 2 aromatic heterocycles. The number of hydrogen-bond acceptors (Lipinski definition) is 5. The Labute approximate surface area is 151 Å². The van der Waals surface area contributed by atoms with E-state index in [1.807, 2.05) is 37.3 Å². The summed E-state index contributed by atoms with van der Waals surface area (Å²) in [5.74, 6) is 0.224. The van der Waals surface area contributed by atoms with Gasteiger partial charge < -0.3 is 20.7 Å². The standard InChI is InChI=1S/C19H21N5O2/c1-12-9-22-19(20-2)24-17(12)14-8-15(21-10-14)18(26)23-16(11-25)13-6-4-3-5-7-13/h3-10,16,21,25H,11H2,1-2H3,(H,23,26)(H,20,22,24)/t16-/m1/s1. The number of rotatable bonds is 6. The molecule has 0 aliphatic heterocycles. The number of carbonyl (C=O) groups is 1. The summed E-state index contributed by atoms with van der Waals surface area (Å²) in [6.07, 6.45) is 3.47. The van der Waals surface area contributed by atoms with Crippen LogP contribution in [0.1, 0.15) is 27.7 Å². The summed E-state index contributed by atoms with van der Waals surface area (Å²) in [5, 5.41) is 15.3. The first-order valence-corrected chi connectivity index (χ1v) is 8.29. The number of carbonyl (C=O) groups excluding carboxylic acids is 1. The molecule has 0 spiro atoms. The maximum absolute atomic E-state index is 12.5. The number of nitrogens with one attached hydrogen (secondary N) is 3. The first kappa shape index (κ1) is 17.6. The fourth-order valence-corrected chi connectivity index (χ4v) is 2.67. The minimum absolute atomic E-state index is 0.181. The molecule has 0 fully saturated rings. The van der Waals surface area contributed by atoms with Crippen LogP contribution in [0.5, 0.6) is 0 Å². The van der Waals surface area contributed by atoms with Gasteiger partial charge in [0.15, 0.2) is 0 Å². The Morgan fingerprint density at radius 2 is 2.08 bits per heavy atom. The summed E-state index contributed by atoms with van der Waals surface area (Å²) in [6, 6.07) is 10.6. The van der Waals surface area contributed by atoms with Crippen molar-refractivity contribution in [3.8, 4) is 11.3 Å². The Hall–Kier alpha value is -3.19. The van der Waals surface area contributed by atoms with E-state index in [1.165, 1.54) is 0 Å². The maximum Gasteiger partial charge on any atom is 0.268 e. The van der Waals surface area contributed by atoms with Crippen LogP contribution in [0.25, 0.3) is 11.3 Å². The van der Waals surface area contributed by atoms with Gasteiger partial charge in [-0.15, -0.1) is 0 Å². The molecule has 1 amide bonds. The lowest BCUT2D eigenvalue weighted by Gasteiger charge is -2.16. The summed E-state index contributed by atoms with van der Waals surface area (Å²) < 4.78 is 0. The number of hydrogen-bond donors (Lipinski definition) is 4. The minimum atomic E-state index is -0.466. The third-order valence-corrected chi connectivity index (χ3v) is 4.09. The zero-order valence-electron chi connectivity index (χ0n) is 14.7. The highest BCUT2D eigenvalue weighted by Gasteiger charge is 2.17. The van der Waals surface area contributed by atoms with Gasteiger partial charge in [-0.1, -0.05) is 30.3 Å². The van der Waals surface area contributed by atoms with Crippen LogP contribution in [-0.4, -0.2) is 39.6 Å². The molecular formula is C19H21N5O2. The molecule has 0 aliphatic carbocycles. The number of nitrogens with zero attached hydrogens (tertiary/aromatic N) is 2. The van der Waals surface area contributed by atoms with Gasteiger partial charge in [-0.05, 0) is 24.1 Å². The number of aliphatic hydroxyl groups is 1. The van der Waals surface area contributed by atoms with Crippen LogP contribution in [0.15, 0.2) is 48.8 Å². The van der Waals surface area contributed by atoms with Gasteiger partial charge in [-0.2, -0.15) is 0 Å². The minimum Gasteiger partial charge on any atom is -0.394 e. The monoisotopic (exact) mass is 351 g/mol. The Bertz CT molecular complexity index is 892. The predicted molar refractivity (Wildman–Crippen MR) is 99.8 cm³/mol. The molecule has 7 nitrogen and oxygen atoms in total. The number of anilines is 1. The highest BCUT2D eigenvalue weighted by molar-refractivity contribution is 5.94. The maximum atomic E-state index is 12.5. The summed E-state index contributed by atoms with van der Waals surface area (Å²) in [4.78, 5) is 24.1. The molecule has 2 heterocycles. The summed E-state index contributed by atoms with van der Waals surface area (Å²) in [5.41, 5.74) is 3.71. The highest BCUT2D eigenvalue weighted by Crippen LogP contribution is 2.23. The average Bonchev–Trinajstić information content (AvgIpc) is 3.17. The molecule has 7 heteroatoms. The summed E-state index contributed by atoms with van der Waals surface area (Å²) in [7, 11) is 1.75. The fourth-order valence-electron chi connectivity index (χ4n) is 2.67. The van der Waals surface area contributed by atoms with E-state index in [2.05, 4.69) is 25.6 Å². The Morgan fingerprint density at radius 1 is 1.31 bits per heavy atom. The van der Waals surface area contributed by atoms with E-state index in [1.54, 1.807) is 25.5 Å². The van der Waals surface area contributed by atoms with Gasteiger partial charge in [0.1, 0.15) is 5.69 Å². The molecule has 1 atom stereocenters. The first-order chi connectivity index (χ1) is 12.6. The number of amides is 1. The van der Waals surface area contributed by atoms with E-state index in [9.17, 15) is 9.90 Å². The molecule has 0 radical (unpaired) electrons. The quantitative estimate of drug-likeness (QED) is 0.546. The van der Waals surface area contributed by atoms with Crippen LogP contribution in [0.2, 0.25) is 0 Å². The average molecular weight is 351 g/mol. The van der Waals surface area contributed by atoms with Crippen molar-refractivity contribution in [2.45, 2.75) is 13.0 Å². The van der Waals surface area contributed by atoms with E-state index < -0.39 is 6.04 Å². The zero-order chi connectivity index (χ0) is 18.5. The smallest absolute Gasteiger partial charge is 0.268 e. The van der Waals surface area contributed by atoms with Crippen molar-refractivity contribution in [3.05, 3.63) is 65.6 Å². The number of aromatic nitrogens is 3. The van der Waals surface area contributed by atoms with Crippen LogP contribution in [0.4, 0.5) is 5.95 Å². The van der Waals surface area contributed by atoms with Crippen LogP contribution in [0.3, 0.4) is 0 Å². The van der Waals surface area contributed by atoms with Gasteiger partial charge >= 0.3 is 0 Å². The van der Waals surface area contributed by atoms with Crippen molar-refractivity contribution in [1.82, 2.24) is 20.3 Å². The van der Waals surface area contributed by atoms with Gasteiger partial charge in [0.05, 0.1) is 18.3 Å². The normalized spacial score (nSPS) is 11.8. The first-order valence-electron chi connectivity index (χ1n) is 8.29. The lowest BCUT2D eigenvalue weighted by Crippen LogP contribution is -2.30. The van der Waals surface area contributed by atoms with Gasteiger partial charge in [-0.25, -0.2) is 9.97 Å². The predicted octanol–water partition coefficient (Wildman–Crippen LogP) is 2.29. The van der Waals surface area contributed by atoms with Gasteiger partial charge in [0, 0.05) is 25.0 Å². The largest absolute Gasteiger partial charge is 0.394 e. The van der Waals surface area contributed by atoms with E-state index in [-0.39, 0.29) is 12.5 Å². The molecule has 0 bridgehead atoms. The number of benzene rings is 1. The number of H-pyrrole nitrogens is 1. The molecule has 0 saturated heterocycles. The Balaban J connectivity index is 1.80. The van der Waals surface area contributed by atoms with Crippen molar-refractivity contribution < 1.29 is 9.90 Å². The molecule has 3 aromatic rings. The SMILES string of the molecule is CNc1ncc(C)c(-c2c[nH]c(C(=O)N[C@H](CO)c3ccccc3)c2)n1. The van der Waals surface area contributed by atoms with Crippen LogP contribution >= 0.6 is 0 Å². The number of aryl methyl sites for hydroxylation is 1. The second kappa shape index (κ2) is 7.79. The summed E-state index contributed by atoms with van der Waals surface area (Å²) >= 11 is 0. The van der Waals surface area contributed by atoms with Crippen LogP contribution < -0.4 is 10.6 Å². The third-order valence-electron chi connectivity index (χ3n) is 4.09. The Morgan fingerprint density at radius 3 is 2.77 bits per heavy atom. The van der Waals surface area contributed by atoms with Crippen LogP contribution in [0, 0.1) is 6.92 Å². The Kier molecular flexibility index (Phi) is 5.28. The molecule has 0 saturated carbocycles. The van der Waals surface area contributed by atoms with Crippen molar-refractivity contribution in [1.29, 1.82) is 0 Å². The van der Waals surface area contributed by atoms with Crippen LogP contribution in [-0.2, 0) is 0 Å². The molecule has 3 rings (SSSR count). The van der Waals surface area contributed by atoms with Crippen molar-refractivity contribution >= 4 is 11.9 Å². The van der Waals surface area contributed by atoms with Gasteiger partial charge in [-0.3, -0.25) is 4.79 Å². The highest BCUT2D eigenvalue weighted by atomic mass is 16.3. The van der Waals surface area contributed by atoms with E-state index >= 15 is 0 Å². The lowest BCUT2D eigenvalue weighted by molar-refractivity contribution is 0.0912. The van der Waals surface area contributed by atoms with Crippen molar-refractivity contribution in [2.75, 3.05) is 19.0 Å². The van der Waals surface area contributed by atoms with Gasteiger partial charge in [0.2, 0.25) is 5.95 Å². The summed E-state index contributed by atoms with van der Waals surface area (Å²) in [6.45, 7) is 1.73. The molecule has 134 valence electrons. The lowest BCUT2D eigenvalue weighted by atomic mass is 10.1. The van der Waals surface area contributed by atoms with Gasteiger partial charge in [0.25, 0.3) is 5.91 Å². The second-order valence-corrected chi connectivity index (χ2v) is 5.90. The molecule has 1 aromatic carbocycles. The van der Waals surface area contributed by atoms with E-state index in [0.29, 0.717) is 11.6 Å². The van der Waals surface area contributed by atoms with E-state index in [4.69, 9.17) is 0 Å². The van der Waals surface area contributed by atoms with Crippen molar-refractivity contribution in [2.24, 2.45) is 0 Å². The fraction of sp³-hybridized carbons (Fsp3) is 0.211. The van der Waals surface area contributed by atoms with E-state index in [0.717, 1.165) is 22.4 Å².